The predicted molar refractivity (Wildman–Crippen MR) is 92.8 cm³/mol. The van der Waals surface area contributed by atoms with Gasteiger partial charge in [-0.3, -0.25) is 9.63 Å². The second kappa shape index (κ2) is 7.97. The average Bonchev–Trinajstić information content (AvgIpc) is 2.67. The van der Waals surface area contributed by atoms with Gasteiger partial charge in [-0.2, -0.15) is 0 Å². The van der Waals surface area contributed by atoms with Gasteiger partial charge >= 0.3 is 0 Å². The summed E-state index contributed by atoms with van der Waals surface area (Å²) < 4.78 is 5.24. The van der Waals surface area contributed by atoms with Gasteiger partial charge in [0.2, 0.25) is 5.91 Å². The Morgan fingerprint density at radius 1 is 1.08 bits per heavy atom. The second-order valence-electron chi connectivity index (χ2n) is 5.98. The molecule has 4 heteroatoms. The Hall–Kier alpha value is -2.33. The molecule has 1 unspecified atom stereocenters. The fraction of sp³-hybridized carbons (Fsp3) is 0.350. The number of rotatable bonds is 5. The van der Waals surface area contributed by atoms with Gasteiger partial charge in [0.15, 0.2) is 0 Å². The maximum Gasteiger partial charge on any atom is 0.247 e. The van der Waals surface area contributed by atoms with Crippen molar-refractivity contribution in [2.75, 3.05) is 20.3 Å². The summed E-state index contributed by atoms with van der Waals surface area (Å²) in [5.41, 5.74) is 2.24. The number of nitrogens with zero attached hydrogens (tertiary/aromatic N) is 1. The standard InChI is InChI=1S/C20H23NO3/c1-23-18-11-9-17(10-12-18)19(16-7-3-2-4-8-16)15-20(22)21-13-5-6-14-24-21/h2-4,7-12,19H,5-6,13-15H2,1H3. The van der Waals surface area contributed by atoms with Crippen molar-refractivity contribution in [3.05, 3.63) is 65.7 Å². The first-order valence-corrected chi connectivity index (χ1v) is 8.40. The number of carbonyl (C=O) groups is 1. The molecule has 1 aliphatic rings. The maximum atomic E-state index is 12.7. The van der Waals surface area contributed by atoms with Gasteiger partial charge < -0.3 is 4.74 Å². The van der Waals surface area contributed by atoms with E-state index in [9.17, 15) is 4.79 Å². The number of methoxy groups -OCH3 is 1. The molecular weight excluding hydrogens is 302 g/mol. The van der Waals surface area contributed by atoms with Gasteiger partial charge in [-0.1, -0.05) is 42.5 Å². The van der Waals surface area contributed by atoms with Gasteiger partial charge in [-0.15, -0.1) is 0 Å². The lowest BCUT2D eigenvalue weighted by atomic mass is 9.88. The first-order valence-electron chi connectivity index (χ1n) is 8.40. The van der Waals surface area contributed by atoms with Crippen LogP contribution in [0.4, 0.5) is 0 Å². The summed E-state index contributed by atoms with van der Waals surface area (Å²) >= 11 is 0. The molecule has 0 aliphatic carbocycles. The molecule has 1 saturated heterocycles. The Labute approximate surface area is 143 Å². The predicted octanol–water partition coefficient (Wildman–Crippen LogP) is 3.77. The number of hydrogen-bond acceptors (Lipinski definition) is 3. The third-order valence-corrected chi connectivity index (χ3v) is 4.38. The molecular formula is C20H23NO3. The van der Waals surface area contributed by atoms with E-state index in [0.717, 1.165) is 29.7 Å². The summed E-state index contributed by atoms with van der Waals surface area (Å²) in [7, 11) is 1.65. The minimum Gasteiger partial charge on any atom is -0.497 e. The van der Waals surface area contributed by atoms with Crippen molar-refractivity contribution in [1.82, 2.24) is 5.06 Å². The van der Waals surface area contributed by atoms with Crippen LogP contribution in [0.1, 0.15) is 36.3 Å². The molecule has 2 aromatic carbocycles. The van der Waals surface area contributed by atoms with Crippen LogP contribution in [0.3, 0.4) is 0 Å². The van der Waals surface area contributed by atoms with Crippen molar-refractivity contribution in [3.63, 3.8) is 0 Å². The van der Waals surface area contributed by atoms with Gasteiger partial charge in [-0.25, -0.2) is 5.06 Å². The van der Waals surface area contributed by atoms with E-state index >= 15 is 0 Å². The normalized spacial score (nSPS) is 15.8. The fourth-order valence-corrected chi connectivity index (χ4v) is 3.02. The number of carbonyl (C=O) groups excluding carboxylic acids is 1. The minimum atomic E-state index is 0.00938. The summed E-state index contributed by atoms with van der Waals surface area (Å²) in [5.74, 6) is 0.866. The van der Waals surface area contributed by atoms with Crippen molar-refractivity contribution < 1.29 is 14.4 Å². The molecule has 0 saturated carbocycles. The summed E-state index contributed by atoms with van der Waals surface area (Å²) in [6, 6.07) is 18.1. The maximum absolute atomic E-state index is 12.7. The minimum absolute atomic E-state index is 0.00938. The van der Waals surface area contributed by atoms with Gasteiger partial charge in [0.25, 0.3) is 0 Å². The molecule has 1 fully saturated rings. The van der Waals surface area contributed by atoms with E-state index in [0.29, 0.717) is 19.6 Å². The molecule has 0 radical (unpaired) electrons. The zero-order valence-electron chi connectivity index (χ0n) is 14.0. The van der Waals surface area contributed by atoms with Crippen LogP contribution in [0.2, 0.25) is 0 Å². The van der Waals surface area contributed by atoms with Crippen LogP contribution in [0.15, 0.2) is 54.6 Å². The molecule has 0 bridgehead atoms. The first-order chi connectivity index (χ1) is 11.8. The molecule has 1 heterocycles. The first kappa shape index (κ1) is 16.5. The molecule has 1 amide bonds. The van der Waals surface area contributed by atoms with E-state index in [1.165, 1.54) is 5.06 Å². The Kier molecular flexibility index (Phi) is 5.49. The highest BCUT2D eigenvalue weighted by Crippen LogP contribution is 2.30. The Morgan fingerprint density at radius 3 is 2.42 bits per heavy atom. The van der Waals surface area contributed by atoms with Crippen molar-refractivity contribution in [2.24, 2.45) is 0 Å². The van der Waals surface area contributed by atoms with Crippen LogP contribution in [0.25, 0.3) is 0 Å². The zero-order chi connectivity index (χ0) is 16.8. The summed E-state index contributed by atoms with van der Waals surface area (Å²) in [5, 5.41) is 1.53. The van der Waals surface area contributed by atoms with E-state index in [1.807, 2.05) is 42.5 Å². The lowest BCUT2D eigenvalue weighted by molar-refractivity contribution is -0.197. The third kappa shape index (κ3) is 3.95. The largest absolute Gasteiger partial charge is 0.497 e. The van der Waals surface area contributed by atoms with Gasteiger partial charge in [-0.05, 0) is 36.1 Å². The number of hydroxylamine groups is 2. The highest BCUT2D eigenvalue weighted by Gasteiger charge is 2.24. The quantitative estimate of drug-likeness (QED) is 0.840. The third-order valence-electron chi connectivity index (χ3n) is 4.38. The smallest absolute Gasteiger partial charge is 0.247 e. The topological polar surface area (TPSA) is 38.8 Å². The highest BCUT2D eigenvalue weighted by atomic mass is 16.7. The van der Waals surface area contributed by atoms with Crippen LogP contribution in [0.5, 0.6) is 5.75 Å². The van der Waals surface area contributed by atoms with Crippen LogP contribution < -0.4 is 4.74 Å². The van der Waals surface area contributed by atoms with E-state index in [4.69, 9.17) is 9.57 Å². The number of amides is 1. The second-order valence-corrected chi connectivity index (χ2v) is 5.98. The van der Waals surface area contributed by atoms with Crippen LogP contribution in [-0.4, -0.2) is 31.2 Å². The Morgan fingerprint density at radius 2 is 1.79 bits per heavy atom. The molecule has 2 aromatic rings. The van der Waals surface area contributed by atoms with Crippen molar-refractivity contribution in [2.45, 2.75) is 25.2 Å². The zero-order valence-corrected chi connectivity index (χ0v) is 14.0. The lowest BCUT2D eigenvalue weighted by Gasteiger charge is -2.28. The number of ether oxygens (including phenoxy) is 1. The molecule has 1 atom stereocenters. The van der Waals surface area contributed by atoms with E-state index in [-0.39, 0.29) is 11.8 Å². The highest BCUT2D eigenvalue weighted by molar-refractivity contribution is 5.76. The molecule has 1 aliphatic heterocycles. The monoisotopic (exact) mass is 325 g/mol. The van der Waals surface area contributed by atoms with Crippen LogP contribution in [0, 0.1) is 0 Å². The van der Waals surface area contributed by atoms with E-state index in [2.05, 4.69) is 12.1 Å². The molecule has 0 aromatic heterocycles. The summed E-state index contributed by atoms with van der Waals surface area (Å²) in [4.78, 5) is 18.2. The van der Waals surface area contributed by atoms with Gasteiger partial charge in [0.05, 0.1) is 13.7 Å². The molecule has 126 valence electrons. The van der Waals surface area contributed by atoms with Crippen molar-refractivity contribution in [1.29, 1.82) is 0 Å². The lowest BCUT2D eigenvalue weighted by Crippen LogP contribution is -2.36. The fourth-order valence-electron chi connectivity index (χ4n) is 3.02. The molecule has 0 N–H and O–H groups in total. The Balaban J connectivity index is 1.83. The molecule has 0 spiro atoms. The molecule has 3 rings (SSSR count). The molecule has 24 heavy (non-hydrogen) atoms. The van der Waals surface area contributed by atoms with Crippen LogP contribution >= 0.6 is 0 Å². The SMILES string of the molecule is COc1ccc(C(CC(=O)N2CCCCO2)c2ccccc2)cc1. The van der Waals surface area contributed by atoms with Crippen molar-refractivity contribution in [3.8, 4) is 5.75 Å². The van der Waals surface area contributed by atoms with E-state index in [1.54, 1.807) is 7.11 Å². The molecule has 4 nitrogen and oxygen atoms in total. The van der Waals surface area contributed by atoms with E-state index < -0.39 is 0 Å². The summed E-state index contributed by atoms with van der Waals surface area (Å²) in [6.07, 6.45) is 2.42. The average molecular weight is 325 g/mol. The van der Waals surface area contributed by atoms with Gasteiger partial charge in [0.1, 0.15) is 5.75 Å². The Bertz CT molecular complexity index is 648. The van der Waals surface area contributed by atoms with Crippen molar-refractivity contribution >= 4 is 5.91 Å². The number of hydrogen-bond donors (Lipinski definition) is 0. The van der Waals surface area contributed by atoms with Gasteiger partial charge in [0, 0.05) is 18.9 Å². The summed E-state index contributed by atoms with van der Waals surface area (Å²) in [6.45, 7) is 1.31. The number of benzene rings is 2. The van der Waals surface area contributed by atoms with Crippen LogP contribution in [-0.2, 0) is 9.63 Å².